The molecule has 0 aliphatic rings. The summed E-state index contributed by atoms with van der Waals surface area (Å²) in [7, 11) is 0. The van der Waals surface area contributed by atoms with E-state index in [1.807, 2.05) is 0 Å². The Morgan fingerprint density at radius 2 is 2.17 bits per heavy atom. The molecular weight excluding hydrogens is 234 g/mol. The number of nitrogens with zero attached hydrogens (tertiary/aromatic N) is 1. The van der Waals surface area contributed by atoms with Crippen LogP contribution in [0.4, 0.5) is 10.6 Å². The number of nitrogens with one attached hydrogen (secondary N) is 2. The van der Waals surface area contributed by atoms with Gasteiger partial charge in [-0.3, -0.25) is 10.3 Å². The number of aromatic nitrogens is 2. The van der Waals surface area contributed by atoms with Crippen molar-refractivity contribution in [2.45, 2.75) is 39.0 Å². The van der Waals surface area contributed by atoms with Crippen LogP contribution in [-0.2, 0) is 4.74 Å². The number of anilines is 1. The molecule has 2 N–H and O–H groups in total. The molecule has 1 heterocycles. The molecule has 1 amide bonds. The van der Waals surface area contributed by atoms with Gasteiger partial charge in [0.2, 0.25) is 0 Å². The second kappa shape index (κ2) is 8.27. The van der Waals surface area contributed by atoms with Gasteiger partial charge in [0.1, 0.15) is 5.82 Å². The molecule has 6 heteroatoms. The molecule has 1 aromatic heterocycles. The normalized spacial score (nSPS) is 10.1. The summed E-state index contributed by atoms with van der Waals surface area (Å²) < 4.78 is 4.97. The van der Waals surface area contributed by atoms with E-state index >= 15 is 0 Å². The third kappa shape index (κ3) is 6.03. The average molecular weight is 253 g/mol. The zero-order chi connectivity index (χ0) is 13.2. The van der Waals surface area contributed by atoms with E-state index < -0.39 is 11.8 Å². The molecule has 0 saturated heterocycles. The second-order valence-electron chi connectivity index (χ2n) is 3.96. The predicted octanol–water partition coefficient (Wildman–Crippen LogP) is 2.29. The van der Waals surface area contributed by atoms with Crippen LogP contribution in [-0.4, -0.2) is 22.7 Å². The van der Waals surface area contributed by atoms with Crippen LogP contribution in [0.15, 0.2) is 17.1 Å². The lowest BCUT2D eigenvalue weighted by atomic mass is 10.2. The van der Waals surface area contributed by atoms with E-state index in [1.165, 1.54) is 31.5 Å². The van der Waals surface area contributed by atoms with Crippen molar-refractivity contribution in [2.75, 3.05) is 11.9 Å². The first kappa shape index (κ1) is 14.2. The maximum Gasteiger partial charge on any atom is 0.412 e. The van der Waals surface area contributed by atoms with Crippen molar-refractivity contribution < 1.29 is 9.53 Å². The van der Waals surface area contributed by atoms with Gasteiger partial charge in [0.05, 0.1) is 6.61 Å². The number of hydrogen-bond acceptors (Lipinski definition) is 4. The van der Waals surface area contributed by atoms with Gasteiger partial charge >= 0.3 is 11.8 Å². The SMILES string of the molecule is CCCCCCCOC(=O)Nc1ccnc(=O)[nH]1. The van der Waals surface area contributed by atoms with Gasteiger partial charge in [-0.05, 0) is 12.5 Å². The summed E-state index contributed by atoms with van der Waals surface area (Å²) in [5, 5.41) is 2.43. The molecule has 0 aromatic carbocycles. The molecule has 0 unspecified atom stereocenters. The molecule has 1 rings (SSSR count). The Kier molecular flexibility index (Phi) is 6.53. The zero-order valence-electron chi connectivity index (χ0n) is 10.6. The maximum absolute atomic E-state index is 11.3. The van der Waals surface area contributed by atoms with Gasteiger partial charge < -0.3 is 4.74 Å². The molecule has 0 aliphatic heterocycles. The molecule has 0 aliphatic carbocycles. The lowest BCUT2D eigenvalue weighted by molar-refractivity contribution is 0.159. The van der Waals surface area contributed by atoms with Crippen LogP contribution >= 0.6 is 0 Å². The van der Waals surface area contributed by atoms with E-state index in [2.05, 4.69) is 22.2 Å². The molecule has 18 heavy (non-hydrogen) atoms. The highest BCUT2D eigenvalue weighted by Gasteiger charge is 2.03. The standard InChI is InChI=1S/C12H19N3O3/c1-2-3-4-5-6-9-18-12(17)15-10-7-8-13-11(16)14-10/h7-8H,2-6,9H2,1H3,(H2,13,14,15,16,17). The lowest BCUT2D eigenvalue weighted by Crippen LogP contribution is -2.18. The smallest absolute Gasteiger partial charge is 0.412 e. The summed E-state index contributed by atoms with van der Waals surface area (Å²) in [5.41, 5.74) is -0.507. The fraction of sp³-hybridized carbons (Fsp3) is 0.583. The second-order valence-corrected chi connectivity index (χ2v) is 3.96. The highest BCUT2D eigenvalue weighted by molar-refractivity contribution is 5.83. The fourth-order valence-electron chi connectivity index (χ4n) is 1.46. The van der Waals surface area contributed by atoms with Crippen LogP contribution < -0.4 is 11.0 Å². The summed E-state index contributed by atoms with van der Waals surface area (Å²) in [5.74, 6) is 0.283. The minimum Gasteiger partial charge on any atom is -0.449 e. The minimum absolute atomic E-state index is 0.283. The van der Waals surface area contributed by atoms with Gasteiger partial charge in [-0.1, -0.05) is 32.6 Å². The monoisotopic (exact) mass is 253 g/mol. The number of aromatic amines is 1. The zero-order valence-corrected chi connectivity index (χ0v) is 10.6. The summed E-state index contributed by atoms with van der Waals surface area (Å²) in [6.07, 6.45) is 6.25. The summed E-state index contributed by atoms with van der Waals surface area (Å²) in [6, 6.07) is 1.49. The van der Waals surface area contributed by atoms with E-state index in [1.54, 1.807) is 0 Å². The Hall–Kier alpha value is -1.85. The molecule has 0 fully saturated rings. The first-order valence-electron chi connectivity index (χ1n) is 6.21. The van der Waals surface area contributed by atoms with Crippen molar-refractivity contribution in [3.63, 3.8) is 0 Å². The van der Waals surface area contributed by atoms with E-state index in [0.29, 0.717) is 6.61 Å². The van der Waals surface area contributed by atoms with Crippen LogP contribution in [0.25, 0.3) is 0 Å². The molecule has 0 spiro atoms. The molecule has 0 saturated carbocycles. The molecular formula is C12H19N3O3. The lowest BCUT2D eigenvalue weighted by Gasteiger charge is -2.06. The van der Waals surface area contributed by atoms with Crippen molar-refractivity contribution in [1.82, 2.24) is 9.97 Å². The Bertz CT molecular complexity index is 417. The Morgan fingerprint density at radius 3 is 2.89 bits per heavy atom. The Balaban J connectivity index is 2.16. The first-order valence-corrected chi connectivity index (χ1v) is 6.21. The molecule has 0 atom stereocenters. The number of carbonyl (C=O) groups is 1. The van der Waals surface area contributed by atoms with E-state index in [-0.39, 0.29) is 5.82 Å². The van der Waals surface area contributed by atoms with Gasteiger partial charge in [0.25, 0.3) is 0 Å². The minimum atomic E-state index is -0.563. The first-order chi connectivity index (χ1) is 8.72. The molecule has 0 bridgehead atoms. The Labute approximate surface area is 106 Å². The van der Waals surface area contributed by atoms with Gasteiger partial charge in [0.15, 0.2) is 0 Å². The maximum atomic E-state index is 11.3. The van der Waals surface area contributed by atoms with Crippen LogP contribution in [0.1, 0.15) is 39.0 Å². The number of carbonyl (C=O) groups excluding carboxylic acids is 1. The highest BCUT2D eigenvalue weighted by Crippen LogP contribution is 2.03. The van der Waals surface area contributed by atoms with Crippen molar-refractivity contribution in [3.8, 4) is 0 Å². The third-order valence-corrected chi connectivity index (χ3v) is 2.39. The largest absolute Gasteiger partial charge is 0.449 e. The molecule has 6 nitrogen and oxygen atoms in total. The number of amides is 1. The van der Waals surface area contributed by atoms with Gasteiger partial charge in [-0.25, -0.2) is 14.6 Å². The van der Waals surface area contributed by atoms with Crippen LogP contribution in [0.5, 0.6) is 0 Å². The van der Waals surface area contributed by atoms with Crippen LogP contribution in [0.2, 0.25) is 0 Å². The number of rotatable bonds is 7. The van der Waals surface area contributed by atoms with Gasteiger partial charge in [-0.2, -0.15) is 0 Å². The van der Waals surface area contributed by atoms with Gasteiger partial charge in [-0.15, -0.1) is 0 Å². The third-order valence-electron chi connectivity index (χ3n) is 2.39. The van der Waals surface area contributed by atoms with Crippen molar-refractivity contribution in [3.05, 3.63) is 22.7 Å². The van der Waals surface area contributed by atoms with Gasteiger partial charge in [0, 0.05) is 6.20 Å². The van der Waals surface area contributed by atoms with E-state index in [0.717, 1.165) is 12.8 Å². The summed E-state index contributed by atoms with van der Waals surface area (Å²) >= 11 is 0. The molecule has 0 radical (unpaired) electrons. The topological polar surface area (TPSA) is 84.1 Å². The average Bonchev–Trinajstić information content (AvgIpc) is 2.33. The van der Waals surface area contributed by atoms with E-state index in [9.17, 15) is 9.59 Å². The quantitative estimate of drug-likeness (QED) is 0.730. The summed E-state index contributed by atoms with van der Waals surface area (Å²) in [4.78, 5) is 28.0. The number of unbranched alkanes of at least 4 members (excludes halogenated alkanes) is 4. The van der Waals surface area contributed by atoms with Crippen molar-refractivity contribution >= 4 is 11.9 Å². The highest BCUT2D eigenvalue weighted by atomic mass is 16.5. The number of hydrogen-bond donors (Lipinski definition) is 2. The molecule has 100 valence electrons. The van der Waals surface area contributed by atoms with Crippen molar-refractivity contribution in [2.24, 2.45) is 0 Å². The predicted molar refractivity (Wildman–Crippen MR) is 68.6 cm³/mol. The van der Waals surface area contributed by atoms with Crippen LogP contribution in [0.3, 0.4) is 0 Å². The summed E-state index contributed by atoms with van der Waals surface area (Å²) in [6.45, 7) is 2.55. The fourth-order valence-corrected chi connectivity index (χ4v) is 1.46. The van der Waals surface area contributed by atoms with Crippen LogP contribution in [0, 0.1) is 0 Å². The number of ether oxygens (including phenoxy) is 1. The Morgan fingerprint density at radius 1 is 1.39 bits per heavy atom. The van der Waals surface area contributed by atoms with Crippen molar-refractivity contribution in [1.29, 1.82) is 0 Å². The van der Waals surface area contributed by atoms with E-state index in [4.69, 9.17) is 4.74 Å². The number of H-pyrrole nitrogens is 1. The molecule has 1 aromatic rings.